The van der Waals surface area contributed by atoms with Crippen molar-refractivity contribution in [2.75, 3.05) is 32.8 Å². The zero-order valence-corrected chi connectivity index (χ0v) is 17.9. The first-order chi connectivity index (χ1) is 14.7. The van der Waals surface area contributed by atoms with Gasteiger partial charge in [-0.25, -0.2) is 0 Å². The van der Waals surface area contributed by atoms with Crippen molar-refractivity contribution in [2.24, 2.45) is 0 Å². The van der Waals surface area contributed by atoms with E-state index in [2.05, 4.69) is 58.4 Å². The molecule has 5 heteroatoms. The molecule has 0 aromatic heterocycles. The highest BCUT2D eigenvalue weighted by atomic mass is 16.5. The molecule has 1 N–H and O–H groups in total. The van der Waals surface area contributed by atoms with Crippen molar-refractivity contribution < 1.29 is 9.53 Å². The molecule has 0 saturated carbocycles. The van der Waals surface area contributed by atoms with Crippen LogP contribution in [-0.4, -0.2) is 54.6 Å². The maximum absolute atomic E-state index is 13.2. The van der Waals surface area contributed by atoms with Crippen LogP contribution in [0.1, 0.15) is 42.5 Å². The molecule has 160 valence electrons. The highest BCUT2D eigenvalue weighted by molar-refractivity contribution is 5.83. The summed E-state index contributed by atoms with van der Waals surface area (Å²) in [6.45, 7) is 8.32. The maximum atomic E-state index is 13.2. The van der Waals surface area contributed by atoms with Crippen LogP contribution in [0.5, 0.6) is 0 Å². The summed E-state index contributed by atoms with van der Waals surface area (Å²) in [6.07, 6.45) is 2.62. The Morgan fingerprint density at radius 1 is 1.07 bits per heavy atom. The molecule has 30 heavy (non-hydrogen) atoms. The van der Waals surface area contributed by atoms with E-state index in [4.69, 9.17) is 4.74 Å². The number of morpholine rings is 1. The van der Waals surface area contributed by atoms with Crippen molar-refractivity contribution in [1.29, 1.82) is 0 Å². The zero-order chi connectivity index (χ0) is 20.8. The molecular weight excluding hydrogens is 374 g/mol. The van der Waals surface area contributed by atoms with Crippen LogP contribution in [0.3, 0.4) is 0 Å². The smallest absolute Gasteiger partial charge is 0.242 e. The fourth-order valence-corrected chi connectivity index (χ4v) is 4.58. The molecule has 2 aliphatic heterocycles. The lowest BCUT2D eigenvalue weighted by molar-refractivity contribution is -0.126. The number of carbonyl (C=O) groups is 1. The first-order valence-electron chi connectivity index (χ1n) is 11.2. The Morgan fingerprint density at radius 2 is 1.83 bits per heavy atom. The molecule has 5 nitrogen and oxygen atoms in total. The van der Waals surface area contributed by atoms with Gasteiger partial charge in [0.2, 0.25) is 5.91 Å². The molecule has 0 spiro atoms. The molecule has 0 aliphatic carbocycles. The van der Waals surface area contributed by atoms with Crippen molar-refractivity contribution in [3.63, 3.8) is 0 Å². The van der Waals surface area contributed by atoms with E-state index in [-0.39, 0.29) is 11.9 Å². The molecule has 2 saturated heterocycles. The third-order valence-corrected chi connectivity index (χ3v) is 6.06. The number of amides is 1. The summed E-state index contributed by atoms with van der Waals surface area (Å²) < 4.78 is 5.64. The number of rotatable bonds is 7. The number of hydrogen-bond acceptors (Lipinski definition) is 4. The van der Waals surface area contributed by atoms with Gasteiger partial charge < -0.3 is 10.1 Å². The van der Waals surface area contributed by atoms with E-state index in [0.29, 0.717) is 12.6 Å². The molecule has 4 rings (SSSR count). The fourth-order valence-electron chi connectivity index (χ4n) is 4.58. The maximum Gasteiger partial charge on any atom is 0.242 e. The van der Waals surface area contributed by atoms with Gasteiger partial charge in [-0.15, -0.1) is 0 Å². The van der Waals surface area contributed by atoms with E-state index >= 15 is 0 Å². The van der Waals surface area contributed by atoms with Crippen LogP contribution in [0.2, 0.25) is 0 Å². The minimum absolute atomic E-state index is 0.0931. The lowest BCUT2D eigenvalue weighted by Crippen LogP contribution is -2.40. The van der Waals surface area contributed by atoms with Crippen LogP contribution in [-0.2, 0) is 22.6 Å². The minimum atomic E-state index is -0.202. The van der Waals surface area contributed by atoms with Gasteiger partial charge in [0, 0.05) is 26.2 Å². The number of benzene rings is 2. The SMILES string of the molecule is CC1CN(Cc2cccc(CNC(=O)C(c3ccccc3)N3CCCC3)c2)CCO1. The number of carbonyl (C=O) groups excluding carboxylic acids is 1. The molecule has 2 aromatic carbocycles. The third kappa shape index (κ3) is 5.48. The van der Waals surface area contributed by atoms with Gasteiger partial charge in [-0.1, -0.05) is 54.6 Å². The topological polar surface area (TPSA) is 44.8 Å². The lowest BCUT2D eigenvalue weighted by Gasteiger charge is -2.31. The van der Waals surface area contributed by atoms with E-state index in [1.165, 1.54) is 18.4 Å². The number of nitrogens with one attached hydrogen (secondary N) is 1. The van der Waals surface area contributed by atoms with Crippen LogP contribution in [0.25, 0.3) is 0 Å². The number of ether oxygens (including phenoxy) is 1. The van der Waals surface area contributed by atoms with E-state index in [9.17, 15) is 4.79 Å². The van der Waals surface area contributed by atoms with Crippen molar-refractivity contribution in [3.8, 4) is 0 Å². The second-order valence-corrected chi connectivity index (χ2v) is 8.51. The quantitative estimate of drug-likeness (QED) is 0.764. The molecular formula is C25H33N3O2. The molecule has 2 fully saturated rings. The summed E-state index contributed by atoms with van der Waals surface area (Å²) in [5, 5.41) is 3.20. The highest BCUT2D eigenvalue weighted by Crippen LogP contribution is 2.25. The lowest BCUT2D eigenvalue weighted by atomic mass is 10.0. The van der Waals surface area contributed by atoms with Crippen LogP contribution in [0.15, 0.2) is 54.6 Å². The first-order valence-corrected chi connectivity index (χ1v) is 11.2. The van der Waals surface area contributed by atoms with Gasteiger partial charge in [-0.05, 0) is 49.5 Å². The first kappa shape index (κ1) is 21.0. The predicted octanol–water partition coefficient (Wildman–Crippen LogP) is 3.36. The third-order valence-electron chi connectivity index (χ3n) is 6.06. The van der Waals surface area contributed by atoms with Gasteiger partial charge >= 0.3 is 0 Å². The fraction of sp³-hybridized carbons (Fsp3) is 0.480. The minimum Gasteiger partial charge on any atom is -0.376 e. The van der Waals surface area contributed by atoms with Gasteiger partial charge in [0.05, 0.1) is 12.7 Å². The second kappa shape index (κ2) is 10.2. The van der Waals surface area contributed by atoms with Crippen LogP contribution in [0.4, 0.5) is 0 Å². The molecule has 2 unspecified atom stereocenters. The van der Waals surface area contributed by atoms with E-state index in [0.717, 1.165) is 50.5 Å². The summed E-state index contributed by atoms with van der Waals surface area (Å²) in [5.41, 5.74) is 3.51. The normalized spacial score (nSPS) is 21.4. The van der Waals surface area contributed by atoms with Crippen molar-refractivity contribution in [1.82, 2.24) is 15.1 Å². The number of likely N-dealkylation sites (tertiary alicyclic amines) is 1. The van der Waals surface area contributed by atoms with E-state index in [1.807, 2.05) is 18.2 Å². The molecule has 2 atom stereocenters. The van der Waals surface area contributed by atoms with Crippen LogP contribution < -0.4 is 5.32 Å². The summed E-state index contributed by atoms with van der Waals surface area (Å²) in [6, 6.07) is 18.5. The molecule has 2 aliphatic rings. The largest absolute Gasteiger partial charge is 0.376 e. The molecule has 0 radical (unpaired) electrons. The van der Waals surface area contributed by atoms with Crippen molar-refractivity contribution in [3.05, 3.63) is 71.3 Å². The summed E-state index contributed by atoms with van der Waals surface area (Å²) in [7, 11) is 0. The standard InChI is InChI=1S/C25H33N3O2/c1-20-18-27(14-15-30-20)19-22-9-7-8-21(16-22)17-26-25(29)24(28-12-5-6-13-28)23-10-3-2-4-11-23/h2-4,7-11,16,20,24H,5-6,12-15,17-19H2,1H3,(H,26,29). The average molecular weight is 408 g/mol. The molecule has 0 bridgehead atoms. The Bertz CT molecular complexity index is 820. The Labute approximate surface area is 180 Å². The highest BCUT2D eigenvalue weighted by Gasteiger charge is 2.29. The van der Waals surface area contributed by atoms with Gasteiger partial charge in [0.15, 0.2) is 0 Å². The predicted molar refractivity (Wildman–Crippen MR) is 119 cm³/mol. The molecule has 2 heterocycles. The Morgan fingerprint density at radius 3 is 2.60 bits per heavy atom. The van der Waals surface area contributed by atoms with Crippen molar-refractivity contribution >= 4 is 5.91 Å². The summed E-state index contributed by atoms with van der Waals surface area (Å²) >= 11 is 0. The second-order valence-electron chi connectivity index (χ2n) is 8.51. The Balaban J connectivity index is 1.38. The molecule has 1 amide bonds. The Kier molecular flexibility index (Phi) is 7.16. The van der Waals surface area contributed by atoms with E-state index < -0.39 is 0 Å². The van der Waals surface area contributed by atoms with Gasteiger partial charge in [0.1, 0.15) is 6.04 Å². The van der Waals surface area contributed by atoms with Gasteiger partial charge in [0.25, 0.3) is 0 Å². The average Bonchev–Trinajstić information content (AvgIpc) is 3.28. The van der Waals surface area contributed by atoms with Gasteiger partial charge in [-0.2, -0.15) is 0 Å². The zero-order valence-electron chi connectivity index (χ0n) is 17.9. The van der Waals surface area contributed by atoms with Crippen LogP contribution >= 0.6 is 0 Å². The number of nitrogens with zero attached hydrogens (tertiary/aromatic N) is 2. The number of hydrogen-bond donors (Lipinski definition) is 1. The summed E-state index contributed by atoms with van der Waals surface area (Å²) in [4.78, 5) is 17.9. The summed E-state index contributed by atoms with van der Waals surface area (Å²) in [5.74, 6) is 0.0931. The monoisotopic (exact) mass is 407 g/mol. The van der Waals surface area contributed by atoms with Gasteiger partial charge in [-0.3, -0.25) is 14.6 Å². The van der Waals surface area contributed by atoms with Crippen molar-refractivity contribution in [2.45, 2.75) is 45.0 Å². The van der Waals surface area contributed by atoms with Crippen LogP contribution in [0, 0.1) is 0 Å². The van der Waals surface area contributed by atoms with E-state index in [1.54, 1.807) is 0 Å². The molecule has 2 aromatic rings. The Hall–Kier alpha value is -2.21.